The fourth-order valence-electron chi connectivity index (χ4n) is 2.23. The Morgan fingerprint density at radius 1 is 1.38 bits per heavy atom. The van der Waals surface area contributed by atoms with Crippen LogP contribution in [-0.2, 0) is 9.59 Å². The first-order valence-corrected chi connectivity index (χ1v) is 7.55. The SMILES string of the molecule is CN1CCN(CC(=O)Nc2nc3ccccc3s2)CC1=O. The molecule has 1 saturated heterocycles. The van der Waals surface area contributed by atoms with Crippen LogP contribution >= 0.6 is 11.3 Å². The number of thiazole rings is 1. The van der Waals surface area contributed by atoms with Gasteiger partial charge in [0, 0.05) is 20.1 Å². The average molecular weight is 304 g/mol. The van der Waals surface area contributed by atoms with Crippen LogP contribution in [0.15, 0.2) is 24.3 Å². The Hall–Kier alpha value is -1.99. The summed E-state index contributed by atoms with van der Waals surface area (Å²) < 4.78 is 1.04. The number of anilines is 1. The third-order valence-electron chi connectivity index (χ3n) is 3.44. The van der Waals surface area contributed by atoms with Gasteiger partial charge in [0.05, 0.1) is 23.3 Å². The lowest BCUT2D eigenvalue weighted by atomic mass is 10.3. The van der Waals surface area contributed by atoms with Crippen LogP contribution in [0.25, 0.3) is 10.2 Å². The van der Waals surface area contributed by atoms with Crippen LogP contribution in [0.2, 0.25) is 0 Å². The molecule has 21 heavy (non-hydrogen) atoms. The van der Waals surface area contributed by atoms with Gasteiger partial charge in [-0.25, -0.2) is 4.98 Å². The monoisotopic (exact) mass is 304 g/mol. The second-order valence-electron chi connectivity index (χ2n) is 5.06. The van der Waals surface area contributed by atoms with Crippen LogP contribution in [-0.4, -0.2) is 59.8 Å². The number of hydrogen-bond acceptors (Lipinski definition) is 5. The van der Waals surface area contributed by atoms with E-state index in [0.717, 1.165) is 16.8 Å². The molecular weight excluding hydrogens is 288 g/mol. The predicted molar refractivity (Wildman–Crippen MR) is 82.3 cm³/mol. The van der Waals surface area contributed by atoms with E-state index in [9.17, 15) is 9.59 Å². The van der Waals surface area contributed by atoms with Crippen LogP contribution in [0.1, 0.15) is 0 Å². The fraction of sp³-hybridized carbons (Fsp3) is 0.357. The van der Waals surface area contributed by atoms with E-state index in [-0.39, 0.29) is 18.4 Å². The Kier molecular flexibility index (Phi) is 3.85. The minimum absolute atomic E-state index is 0.0500. The second kappa shape index (κ2) is 5.79. The molecule has 0 saturated carbocycles. The first kappa shape index (κ1) is 14.0. The first-order valence-electron chi connectivity index (χ1n) is 6.73. The van der Waals surface area contributed by atoms with Crippen molar-refractivity contribution >= 4 is 38.5 Å². The number of nitrogens with one attached hydrogen (secondary N) is 1. The Labute approximate surface area is 126 Å². The van der Waals surface area contributed by atoms with Gasteiger partial charge in [-0.05, 0) is 12.1 Å². The van der Waals surface area contributed by atoms with E-state index >= 15 is 0 Å². The lowest BCUT2D eigenvalue weighted by molar-refractivity contribution is -0.135. The molecule has 3 rings (SSSR count). The number of para-hydroxylation sites is 1. The number of carbonyl (C=O) groups excluding carboxylic acids is 2. The Morgan fingerprint density at radius 2 is 2.19 bits per heavy atom. The second-order valence-corrected chi connectivity index (χ2v) is 6.09. The average Bonchev–Trinajstić information content (AvgIpc) is 2.84. The summed E-state index contributed by atoms with van der Waals surface area (Å²) in [7, 11) is 1.78. The number of hydrogen-bond donors (Lipinski definition) is 1. The molecule has 1 aliphatic rings. The van der Waals surface area contributed by atoms with Crippen molar-refractivity contribution < 1.29 is 9.59 Å². The highest BCUT2D eigenvalue weighted by Crippen LogP contribution is 2.25. The maximum absolute atomic E-state index is 12.0. The van der Waals surface area contributed by atoms with E-state index in [1.165, 1.54) is 11.3 Å². The van der Waals surface area contributed by atoms with E-state index in [4.69, 9.17) is 0 Å². The molecular formula is C14H16N4O2S. The summed E-state index contributed by atoms with van der Waals surface area (Å²) in [6.07, 6.45) is 0. The van der Waals surface area contributed by atoms with Gasteiger partial charge < -0.3 is 10.2 Å². The fourth-order valence-corrected chi connectivity index (χ4v) is 3.11. The number of fused-ring (bicyclic) bond motifs is 1. The number of likely N-dealkylation sites (N-methyl/N-ethyl adjacent to an activating group) is 1. The van der Waals surface area contributed by atoms with Crippen molar-refractivity contribution in [3.8, 4) is 0 Å². The molecule has 2 heterocycles. The van der Waals surface area contributed by atoms with Crippen LogP contribution in [0.4, 0.5) is 5.13 Å². The van der Waals surface area contributed by atoms with E-state index in [2.05, 4.69) is 10.3 Å². The molecule has 0 aliphatic carbocycles. The van der Waals surface area contributed by atoms with Gasteiger partial charge in [-0.3, -0.25) is 14.5 Å². The molecule has 1 fully saturated rings. The maximum atomic E-state index is 12.0. The quantitative estimate of drug-likeness (QED) is 0.919. The highest BCUT2D eigenvalue weighted by atomic mass is 32.1. The molecule has 110 valence electrons. The number of nitrogens with zero attached hydrogens (tertiary/aromatic N) is 3. The maximum Gasteiger partial charge on any atom is 0.240 e. The molecule has 0 radical (unpaired) electrons. The molecule has 2 amide bonds. The largest absolute Gasteiger partial charge is 0.343 e. The standard InChI is InChI=1S/C14H16N4O2S/c1-17-6-7-18(9-13(17)20)8-12(19)16-14-15-10-4-2-3-5-11(10)21-14/h2-5H,6-9H2,1H3,(H,15,16,19). The lowest BCUT2D eigenvalue weighted by Gasteiger charge is -2.31. The van der Waals surface area contributed by atoms with Crippen molar-refractivity contribution in [3.63, 3.8) is 0 Å². The van der Waals surface area contributed by atoms with Gasteiger partial charge in [-0.2, -0.15) is 0 Å². The number of aromatic nitrogens is 1. The predicted octanol–water partition coefficient (Wildman–Crippen LogP) is 1.01. The van der Waals surface area contributed by atoms with Crippen molar-refractivity contribution in [2.45, 2.75) is 0 Å². The highest BCUT2D eigenvalue weighted by Gasteiger charge is 2.22. The third kappa shape index (κ3) is 3.20. The minimum atomic E-state index is -0.133. The van der Waals surface area contributed by atoms with Crippen LogP contribution in [0.5, 0.6) is 0 Å². The molecule has 1 aliphatic heterocycles. The van der Waals surface area contributed by atoms with E-state index in [0.29, 0.717) is 18.2 Å². The zero-order chi connectivity index (χ0) is 14.8. The van der Waals surface area contributed by atoms with Gasteiger partial charge in [-0.1, -0.05) is 23.5 Å². The van der Waals surface area contributed by atoms with Gasteiger partial charge in [0.1, 0.15) is 0 Å². The van der Waals surface area contributed by atoms with Crippen molar-refractivity contribution in [3.05, 3.63) is 24.3 Å². The van der Waals surface area contributed by atoms with Crippen molar-refractivity contribution in [2.75, 3.05) is 38.5 Å². The normalized spacial score (nSPS) is 16.4. The van der Waals surface area contributed by atoms with Crippen molar-refractivity contribution in [2.24, 2.45) is 0 Å². The summed E-state index contributed by atoms with van der Waals surface area (Å²) >= 11 is 1.45. The Balaban J connectivity index is 1.60. The van der Waals surface area contributed by atoms with E-state index in [1.54, 1.807) is 11.9 Å². The number of benzene rings is 1. The molecule has 2 aromatic rings. The number of rotatable bonds is 3. The zero-order valence-electron chi connectivity index (χ0n) is 11.7. The van der Waals surface area contributed by atoms with Crippen LogP contribution in [0.3, 0.4) is 0 Å². The zero-order valence-corrected chi connectivity index (χ0v) is 12.5. The molecule has 7 heteroatoms. The topological polar surface area (TPSA) is 65.5 Å². The summed E-state index contributed by atoms with van der Waals surface area (Å²) in [4.78, 5) is 31.5. The third-order valence-corrected chi connectivity index (χ3v) is 4.40. The van der Waals surface area contributed by atoms with Gasteiger partial charge in [0.2, 0.25) is 11.8 Å². The van der Waals surface area contributed by atoms with Gasteiger partial charge in [-0.15, -0.1) is 0 Å². The molecule has 0 unspecified atom stereocenters. The number of carbonyl (C=O) groups is 2. The Morgan fingerprint density at radius 3 is 2.95 bits per heavy atom. The van der Waals surface area contributed by atoms with Gasteiger partial charge in [0.25, 0.3) is 0 Å². The molecule has 6 nitrogen and oxygen atoms in total. The molecule has 1 aromatic carbocycles. The lowest BCUT2D eigenvalue weighted by Crippen LogP contribution is -2.50. The minimum Gasteiger partial charge on any atom is -0.343 e. The summed E-state index contributed by atoms with van der Waals surface area (Å²) in [6.45, 7) is 1.89. The van der Waals surface area contributed by atoms with E-state index in [1.807, 2.05) is 29.2 Å². The summed E-state index contributed by atoms with van der Waals surface area (Å²) in [5, 5.41) is 3.41. The summed E-state index contributed by atoms with van der Waals surface area (Å²) in [6, 6.07) is 7.76. The van der Waals surface area contributed by atoms with Gasteiger partial charge in [0.15, 0.2) is 5.13 Å². The molecule has 0 atom stereocenters. The van der Waals surface area contributed by atoms with E-state index < -0.39 is 0 Å². The molecule has 1 aromatic heterocycles. The van der Waals surface area contributed by atoms with Crippen LogP contribution in [0, 0.1) is 0 Å². The number of amides is 2. The molecule has 0 spiro atoms. The highest BCUT2D eigenvalue weighted by molar-refractivity contribution is 7.22. The van der Waals surface area contributed by atoms with Crippen LogP contribution < -0.4 is 5.32 Å². The summed E-state index contributed by atoms with van der Waals surface area (Å²) in [5.41, 5.74) is 0.882. The number of piperazine rings is 1. The first-order chi connectivity index (χ1) is 10.1. The van der Waals surface area contributed by atoms with Crippen molar-refractivity contribution in [1.82, 2.24) is 14.8 Å². The molecule has 0 bridgehead atoms. The molecule has 1 N–H and O–H groups in total. The van der Waals surface area contributed by atoms with Gasteiger partial charge >= 0.3 is 0 Å². The van der Waals surface area contributed by atoms with Crippen molar-refractivity contribution in [1.29, 1.82) is 0 Å². The summed E-state index contributed by atoms with van der Waals surface area (Å²) in [5.74, 6) is -0.0829. The Bertz CT molecular complexity index is 651. The smallest absolute Gasteiger partial charge is 0.240 e.